The van der Waals surface area contributed by atoms with E-state index in [0.717, 1.165) is 68.3 Å². The van der Waals surface area contributed by atoms with E-state index in [9.17, 15) is 4.79 Å². The van der Waals surface area contributed by atoms with Crippen molar-refractivity contribution in [2.75, 3.05) is 26.3 Å². The van der Waals surface area contributed by atoms with Crippen LogP contribution in [0.3, 0.4) is 0 Å². The fourth-order valence-electron chi connectivity index (χ4n) is 4.33. The number of aromatic nitrogens is 3. The molecule has 26 heavy (non-hydrogen) atoms. The van der Waals surface area contributed by atoms with E-state index in [1.807, 2.05) is 43.1 Å². The lowest BCUT2D eigenvalue weighted by Gasteiger charge is -2.45. The van der Waals surface area contributed by atoms with Gasteiger partial charge in [-0.25, -0.2) is 9.67 Å². The first-order valence-electron chi connectivity index (χ1n) is 9.41. The smallest absolute Gasteiger partial charge is 0.253 e. The van der Waals surface area contributed by atoms with Crippen molar-refractivity contribution in [3.05, 3.63) is 35.7 Å². The Bertz CT molecular complexity index is 802. The number of likely N-dealkylation sites (tertiary alicyclic amines) is 1. The van der Waals surface area contributed by atoms with Crippen molar-refractivity contribution in [1.82, 2.24) is 19.7 Å². The molecule has 2 aliphatic rings. The van der Waals surface area contributed by atoms with Gasteiger partial charge >= 0.3 is 0 Å². The molecule has 0 bridgehead atoms. The van der Waals surface area contributed by atoms with Crippen molar-refractivity contribution in [3.8, 4) is 11.4 Å². The third-order valence-corrected chi connectivity index (χ3v) is 5.74. The fourth-order valence-corrected chi connectivity index (χ4v) is 4.33. The van der Waals surface area contributed by atoms with Gasteiger partial charge in [0.15, 0.2) is 5.82 Å². The Morgan fingerprint density at radius 2 is 2.04 bits per heavy atom. The number of nitrogens with zero attached hydrogens (tertiary/aromatic N) is 4. The lowest BCUT2D eigenvalue weighted by atomic mass is 9.74. The largest absolute Gasteiger partial charge is 0.381 e. The number of hydrogen-bond donors (Lipinski definition) is 0. The Morgan fingerprint density at radius 1 is 1.23 bits per heavy atom. The van der Waals surface area contributed by atoms with Crippen molar-refractivity contribution in [2.45, 2.75) is 32.6 Å². The van der Waals surface area contributed by atoms with Crippen LogP contribution in [0.5, 0.6) is 0 Å². The maximum atomic E-state index is 13.2. The van der Waals surface area contributed by atoms with E-state index in [1.165, 1.54) is 6.42 Å². The summed E-state index contributed by atoms with van der Waals surface area (Å²) in [5.41, 5.74) is 1.91. The lowest BCUT2D eigenvalue weighted by molar-refractivity contribution is -0.0229. The Balaban J connectivity index is 1.56. The molecule has 1 amide bonds. The number of carbonyl (C=O) groups excluding carboxylic acids is 1. The third-order valence-electron chi connectivity index (χ3n) is 5.74. The van der Waals surface area contributed by atoms with Crippen LogP contribution in [0.15, 0.2) is 24.3 Å². The molecule has 0 unspecified atom stereocenters. The highest BCUT2D eigenvalue weighted by molar-refractivity contribution is 5.95. The summed E-state index contributed by atoms with van der Waals surface area (Å²) in [6, 6.07) is 7.76. The zero-order valence-electron chi connectivity index (χ0n) is 15.6. The zero-order chi connectivity index (χ0) is 18.1. The number of rotatable bonds is 2. The summed E-state index contributed by atoms with van der Waals surface area (Å²) in [5.74, 6) is 1.64. The molecule has 6 nitrogen and oxygen atoms in total. The van der Waals surface area contributed by atoms with Crippen LogP contribution in [-0.2, 0) is 11.8 Å². The lowest BCUT2D eigenvalue weighted by Crippen LogP contribution is -2.48. The van der Waals surface area contributed by atoms with E-state index in [0.29, 0.717) is 0 Å². The maximum Gasteiger partial charge on any atom is 0.253 e. The summed E-state index contributed by atoms with van der Waals surface area (Å²) in [4.78, 5) is 19.7. The van der Waals surface area contributed by atoms with Gasteiger partial charge in [0.05, 0.1) is 0 Å². The monoisotopic (exact) mass is 354 g/mol. The number of ether oxygens (including phenoxy) is 1. The van der Waals surface area contributed by atoms with E-state index < -0.39 is 0 Å². The standard InChI is InChI=1S/C20H26N4O2/c1-15-21-18(23(2)22-15)16-5-3-6-17(13-16)19(25)24-10-4-7-20(14-24)8-11-26-12-9-20/h3,5-6,13H,4,7-12,14H2,1-2H3. The molecule has 0 radical (unpaired) electrons. The molecule has 1 spiro atoms. The molecule has 0 aliphatic carbocycles. The summed E-state index contributed by atoms with van der Waals surface area (Å²) in [5, 5.41) is 4.31. The molecule has 2 fully saturated rings. The molecule has 4 rings (SSSR count). The van der Waals surface area contributed by atoms with Gasteiger partial charge in [-0.2, -0.15) is 5.10 Å². The molecule has 0 atom stereocenters. The molecule has 1 aromatic heterocycles. The van der Waals surface area contributed by atoms with Gasteiger partial charge in [0, 0.05) is 44.5 Å². The van der Waals surface area contributed by atoms with Crippen LogP contribution in [0.2, 0.25) is 0 Å². The SMILES string of the molecule is Cc1nc(-c2cccc(C(=O)N3CCCC4(CCOCC4)C3)c2)n(C)n1. The maximum absolute atomic E-state index is 13.2. The van der Waals surface area contributed by atoms with Crippen molar-refractivity contribution in [1.29, 1.82) is 0 Å². The number of amides is 1. The minimum atomic E-state index is 0.122. The molecule has 2 aliphatic heterocycles. The first-order valence-corrected chi connectivity index (χ1v) is 9.41. The van der Waals surface area contributed by atoms with E-state index in [4.69, 9.17) is 4.74 Å². The second-order valence-corrected chi connectivity index (χ2v) is 7.63. The highest BCUT2D eigenvalue weighted by Crippen LogP contribution is 2.39. The van der Waals surface area contributed by atoms with Crippen molar-refractivity contribution in [2.24, 2.45) is 12.5 Å². The van der Waals surface area contributed by atoms with Crippen LogP contribution in [0.4, 0.5) is 0 Å². The number of hydrogen-bond acceptors (Lipinski definition) is 4. The molecule has 6 heteroatoms. The Morgan fingerprint density at radius 3 is 2.77 bits per heavy atom. The van der Waals surface area contributed by atoms with Crippen LogP contribution in [0, 0.1) is 12.3 Å². The minimum absolute atomic E-state index is 0.122. The average molecular weight is 354 g/mol. The van der Waals surface area contributed by atoms with Crippen LogP contribution >= 0.6 is 0 Å². The van der Waals surface area contributed by atoms with E-state index in [-0.39, 0.29) is 11.3 Å². The van der Waals surface area contributed by atoms with Crippen LogP contribution in [0.25, 0.3) is 11.4 Å². The molecule has 2 saturated heterocycles. The van der Waals surface area contributed by atoms with Crippen LogP contribution in [-0.4, -0.2) is 51.9 Å². The van der Waals surface area contributed by atoms with Gasteiger partial charge in [0.1, 0.15) is 5.82 Å². The predicted molar refractivity (Wildman–Crippen MR) is 98.8 cm³/mol. The predicted octanol–water partition coefficient (Wildman–Crippen LogP) is 2.82. The van der Waals surface area contributed by atoms with Gasteiger partial charge in [-0.1, -0.05) is 12.1 Å². The molecular formula is C20H26N4O2. The van der Waals surface area contributed by atoms with Gasteiger partial charge in [-0.3, -0.25) is 4.79 Å². The third kappa shape index (κ3) is 3.26. The number of aryl methyl sites for hydroxylation is 2. The molecule has 0 N–H and O–H groups in total. The highest BCUT2D eigenvalue weighted by Gasteiger charge is 2.38. The quantitative estimate of drug-likeness (QED) is 0.832. The van der Waals surface area contributed by atoms with Gasteiger partial charge in [0.2, 0.25) is 0 Å². The summed E-state index contributed by atoms with van der Waals surface area (Å²) in [7, 11) is 1.88. The summed E-state index contributed by atoms with van der Waals surface area (Å²) >= 11 is 0. The molecule has 0 saturated carbocycles. The summed E-state index contributed by atoms with van der Waals surface area (Å²) < 4.78 is 7.30. The second-order valence-electron chi connectivity index (χ2n) is 7.63. The van der Waals surface area contributed by atoms with Crippen LogP contribution in [0.1, 0.15) is 41.9 Å². The van der Waals surface area contributed by atoms with Gasteiger partial charge in [-0.15, -0.1) is 0 Å². The Labute approximate surface area is 154 Å². The van der Waals surface area contributed by atoms with E-state index in [2.05, 4.69) is 10.1 Å². The Kier molecular flexibility index (Phi) is 4.53. The summed E-state index contributed by atoms with van der Waals surface area (Å²) in [6.45, 7) is 5.21. The molecule has 2 aromatic rings. The summed E-state index contributed by atoms with van der Waals surface area (Å²) in [6.07, 6.45) is 4.41. The molecule has 138 valence electrons. The fraction of sp³-hybridized carbons (Fsp3) is 0.550. The minimum Gasteiger partial charge on any atom is -0.381 e. The van der Waals surface area contributed by atoms with Crippen molar-refractivity contribution >= 4 is 5.91 Å². The van der Waals surface area contributed by atoms with Gasteiger partial charge in [-0.05, 0) is 50.2 Å². The molecule has 3 heterocycles. The Hall–Kier alpha value is -2.21. The average Bonchev–Trinajstić information content (AvgIpc) is 3.00. The second kappa shape index (κ2) is 6.83. The zero-order valence-corrected chi connectivity index (χ0v) is 15.6. The van der Waals surface area contributed by atoms with Gasteiger partial charge in [0.25, 0.3) is 5.91 Å². The first-order chi connectivity index (χ1) is 12.6. The van der Waals surface area contributed by atoms with Crippen molar-refractivity contribution < 1.29 is 9.53 Å². The van der Waals surface area contributed by atoms with Crippen molar-refractivity contribution in [3.63, 3.8) is 0 Å². The topological polar surface area (TPSA) is 60.3 Å². The normalized spacial score (nSPS) is 19.7. The number of piperidine rings is 1. The van der Waals surface area contributed by atoms with Crippen LogP contribution < -0.4 is 0 Å². The highest BCUT2D eigenvalue weighted by atomic mass is 16.5. The first kappa shape index (κ1) is 17.2. The van der Waals surface area contributed by atoms with E-state index in [1.54, 1.807) is 4.68 Å². The number of carbonyl (C=O) groups is 1. The van der Waals surface area contributed by atoms with E-state index >= 15 is 0 Å². The molecular weight excluding hydrogens is 328 g/mol. The van der Waals surface area contributed by atoms with Gasteiger partial charge < -0.3 is 9.64 Å². The molecule has 1 aromatic carbocycles. The number of benzene rings is 1.